The zero-order chi connectivity index (χ0) is 15.5. The molecule has 2 aromatic rings. The number of hydrogen-bond acceptors (Lipinski definition) is 5. The zero-order valence-corrected chi connectivity index (χ0v) is 12.1. The van der Waals surface area contributed by atoms with Crippen LogP contribution in [0.1, 0.15) is 5.56 Å². The number of nitro benzene ring substituents is 1. The Morgan fingerprint density at radius 2 is 2.00 bits per heavy atom. The molecule has 0 bridgehead atoms. The largest absolute Gasteiger partial charge is 0.273 e. The second-order valence-corrected chi connectivity index (χ2v) is 6.16. The molecule has 0 amide bonds. The van der Waals surface area contributed by atoms with E-state index in [9.17, 15) is 18.5 Å². The van der Waals surface area contributed by atoms with Crippen molar-refractivity contribution in [3.8, 4) is 0 Å². The van der Waals surface area contributed by atoms with E-state index in [1.807, 2.05) is 0 Å². The van der Waals surface area contributed by atoms with Crippen LogP contribution in [0.25, 0.3) is 0 Å². The van der Waals surface area contributed by atoms with Gasteiger partial charge in [0.15, 0.2) is 0 Å². The SMILES string of the molecule is O=[N+]([O-])c1ccccc1CNS(=O)(=O)c1cnccc1Cl. The van der Waals surface area contributed by atoms with Crippen molar-refractivity contribution in [2.24, 2.45) is 0 Å². The molecule has 1 aromatic heterocycles. The predicted molar refractivity (Wildman–Crippen MR) is 76.4 cm³/mol. The highest BCUT2D eigenvalue weighted by Gasteiger charge is 2.20. The Morgan fingerprint density at radius 1 is 1.29 bits per heavy atom. The maximum Gasteiger partial charge on any atom is 0.273 e. The van der Waals surface area contributed by atoms with Crippen LogP contribution in [0.4, 0.5) is 5.69 Å². The van der Waals surface area contributed by atoms with Crippen LogP contribution in [-0.4, -0.2) is 18.3 Å². The third kappa shape index (κ3) is 3.54. The molecule has 0 radical (unpaired) electrons. The van der Waals surface area contributed by atoms with Crippen LogP contribution in [0, 0.1) is 10.1 Å². The summed E-state index contributed by atoms with van der Waals surface area (Å²) in [6, 6.07) is 7.23. The average molecular weight is 328 g/mol. The lowest BCUT2D eigenvalue weighted by atomic mass is 10.2. The fourth-order valence-electron chi connectivity index (χ4n) is 1.65. The van der Waals surface area contributed by atoms with E-state index in [2.05, 4.69) is 9.71 Å². The molecule has 0 spiro atoms. The second-order valence-electron chi connectivity index (χ2n) is 4.02. The van der Waals surface area contributed by atoms with E-state index in [1.165, 1.54) is 30.5 Å². The lowest BCUT2D eigenvalue weighted by molar-refractivity contribution is -0.385. The summed E-state index contributed by atoms with van der Waals surface area (Å²) in [5, 5.41) is 10.9. The maximum absolute atomic E-state index is 12.1. The lowest BCUT2D eigenvalue weighted by Crippen LogP contribution is -2.24. The number of hydrogen-bond donors (Lipinski definition) is 1. The molecule has 0 aliphatic heterocycles. The minimum atomic E-state index is -3.90. The van der Waals surface area contributed by atoms with E-state index in [0.717, 1.165) is 6.20 Å². The molecule has 1 heterocycles. The summed E-state index contributed by atoms with van der Waals surface area (Å²) in [5.74, 6) is 0. The number of rotatable bonds is 5. The predicted octanol–water partition coefficient (Wildman–Crippen LogP) is 2.12. The highest BCUT2D eigenvalue weighted by molar-refractivity contribution is 7.89. The molecule has 7 nitrogen and oxygen atoms in total. The van der Waals surface area contributed by atoms with Crippen LogP contribution < -0.4 is 4.72 Å². The molecule has 0 unspecified atom stereocenters. The minimum absolute atomic E-state index is 0.0278. The van der Waals surface area contributed by atoms with Gasteiger partial charge in [0.1, 0.15) is 4.90 Å². The third-order valence-corrected chi connectivity index (χ3v) is 4.53. The van der Waals surface area contributed by atoms with Gasteiger partial charge in [0.25, 0.3) is 5.69 Å². The van der Waals surface area contributed by atoms with Gasteiger partial charge in [-0.2, -0.15) is 0 Å². The van der Waals surface area contributed by atoms with Crippen molar-refractivity contribution in [1.29, 1.82) is 0 Å². The number of sulfonamides is 1. The Kier molecular flexibility index (Phi) is 4.51. The Balaban J connectivity index is 2.24. The highest BCUT2D eigenvalue weighted by Crippen LogP contribution is 2.21. The van der Waals surface area contributed by atoms with Crippen LogP contribution >= 0.6 is 11.6 Å². The number of benzene rings is 1. The van der Waals surface area contributed by atoms with E-state index < -0.39 is 14.9 Å². The number of para-hydroxylation sites is 1. The number of halogens is 1. The van der Waals surface area contributed by atoms with Gasteiger partial charge in [0.05, 0.1) is 9.95 Å². The van der Waals surface area contributed by atoms with Gasteiger partial charge >= 0.3 is 0 Å². The Hall–Kier alpha value is -2.03. The first-order chi connectivity index (χ1) is 9.92. The van der Waals surface area contributed by atoms with Crippen LogP contribution in [0.5, 0.6) is 0 Å². The van der Waals surface area contributed by atoms with E-state index in [0.29, 0.717) is 0 Å². The van der Waals surface area contributed by atoms with Gasteiger partial charge in [-0.15, -0.1) is 0 Å². The van der Waals surface area contributed by atoms with Crippen molar-refractivity contribution in [2.75, 3.05) is 0 Å². The van der Waals surface area contributed by atoms with Gasteiger partial charge in [-0.1, -0.05) is 29.8 Å². The Labute approximate surface area is 125 Å². The topological polar surface area (TPSA) is 102 Å². The monoisotopic (exact) mass is 327 g/mol. The summed E-state index contributed by atoms with van der Waals surface area (Å²) in [5.41, 5.74) is 0.101. The van der Waals surface area contributed by atoms with Crippen LogP contribution in [0.15, 0.2) is 47.6 Å². The van der Waals surface area contributed by atoms with Crippen LogP contribution in [0.3, 0.4) is 0 Å². The van der Waals surface area contributed by atoms with E-state index >= 15 is 0 Å². The first kappa shape index (κ1) is 15.4. The molecule has 1 aromatic carbocycles. The van der Waals surface area contributed by atoms with Gasteiger partial charge in [-0.25, -0.2) is 13.1 Å². The number of nitro groups is 1. The molecule has 9 heteroatoms. The maximum atomic E-state index is 12.1. The first-order valence-corrected chi connectivity index (χ1v) is 7.59. The lowest BCUT2D eigenvalue weighted by Gasteiger charge is -2.08. The van der Waals surface area contributed by atoms with Crippen molar-refractivity contribution >= 4 is 27.3 Å². The van der Waals surface area contributed by atoms with Gasteiger partial charge in [0.2, 0.25) is 10.0 Å². The molecule has 0 fully saturated rings. The second kappa shape index (κ2) is 6.17. The van der Waals surface area contributed by atoms with Crippen molar-refractivity contribution < 1.29 is 13.3 Å². The van der Waals surface area contributed by atoms with E-state index in [4.69, 9.17) is 11.6 Å². The van der Waals surface area contributed by atoms with Crippen molar-refractivity contribution in [1.82, 2.24) is 9.71 Å². The number of nitrogens with zero attached hydrogens (tertiary/aromatic N) is 2. The Morgan fingerprint density at radius 3 is 2.67 bits per heavy atom. The summed E-state index contributed by atoms with van der Waals surface area (Å²) < 4.78 is 26.5. The molecule has 21 heavy (non-hydrogen) atoms. The Bertz CT molecular complexity index is 780. The van der Waals surface area contributed by atoms with Gasteiger partial charge in [-0.3, -0.25) is 15.1 Å². The highest BCUT2D eigenvalue weighted by atomic mass is 35.5. The molecular weight excluding hydrogens is 318 g/mol. The summed E-state index contributed by atoms with van der Waals surface area (Å²) in [6.07, 6.45) is 2.48. The first-order valence-electron chi connectivity index (χ1n) is 5.73. The summed E-state index contributed by atoms with van der Waals surface area (Å²) in [6.45, 7) is -0.218. The van der Waals surface area contributed by atoms with E-state index in [1.54, 1.807) is 6.07 Å². The summed E-state index contributed by atoms with van der Waals surface area (Å²) in [4.78, 5) is 13.8. The summed E-state index contributed by atoms with van der Waals surface area (Å²) >= 11 is 5.80. The van der Waals surface area contributed by atoms with Crippen LogP contribution in [-0.2, 0) is 16.6 Å². The number of aromatic nitrogens is 1. The molecule has 0 aliphatic carbocycles. The molecule has 0 atom stereocenters. The normalized spacial score (nSPS) is 11.3. The van der Waals surface area contributed by atoms with Crippen molar-refractivity contribution in [3.63, 3.8) is 0 Å². The standard InChI is InChI=1S/C12H10ClN3O4S/c13-10-5-6-14-8-12(10)21(19,20)15-7-9-3-1-2-4-11(9)16(17)18/h1-6,8,15H,7H2. The van der Waals surface area contributed by atoms with Gasteiger partial charge < -0.3 is 0 Å². The molecular formula is C12H10ClN3O4S. The minimum Gasteiger partial charge on any atom is -0.263 e. The molecule has 0 aliphatic rings. The molecule has 0 saturated heterocycles. The zero-order valence-electron chi connectivity index (χ0n) is 10.6. The summed E-state index contributed by atoms with van der Waals surface area (Å²) in [7, 11) is -3.90. The number of pyridine rings is 1. The quantitative estimate of drug-likeness (QED) is 0.669. The smallest absolute Gasteiger partial charge is 0.263 e. The molecule has 0 saturated carbocycles. The average Bonchev–Trinajstić information content (AvgIpc) is 2.45. The van der Waals surface area contributed by atoms with E-state index in [-0.39, 0.29) is 27.7 Å². The third-order valence-electron chi connectivity index (χ3n) is 2.66. The van der Waals surface area contributed by atoms with Gasteiger partial charge in [-0.05, 0) is 6.07 Å². The fraction of sp³-hybridized carbons (Fsp3) is 0.0833. The van der Waals surface area contributed by atoms with Crippen LogP contribution in [0.2, 0.25) is 5.02 Å². The molecule has 1 N–H and O–H groups in total. The fourth-order valence-corrected chi connectivity index (χ4v) is 3.08. The number of nitrogens with one attached hydrogen (secondary N) is 1. The van der Waals surface area contributed by atoms with Gasteiger partial charge in [0, 0.05) is 30.6 Å². The molecule has 2 rings (SSSR count). The van der Waals surface area contributed by atoms with Crippen molar-refractivity contribution in [3.05, 3.63) is 63.4 Å². The molecule has 110 valence electrons. The van der Waals surface area contributed by atoms with Crippen molar-refractivity contribution in [2.45, 2.75) is 11.4 Å².